The molecular formula is C18H17NO2. The van der Waals surface area contributed by atoms with E-state index in [4.69, 9.17) is 9.47 Å². The second-order valence-electron chi connectivity index (χ2n) is 5.45. The van der Waals surface area contributed by atoms with Gasteiger partial charge in [0.25, 0.3) is 0 Å². The van der Waals surface area contributed by atoms with Crippen LogP contribution in [-0.2, 0) is 13.1 Å². The minimum atomic E-state index is 0.328. The standard InChI is InChI=1S/C18H17NO2/c1-2-6-16-12-19(11-15(16)5-1)9-3-4-14-7-8-17-18(10-14)21-13-20-17/h1-8,10H,9,11-13H2. The molecule has 0 saturated heterocycles. The Kier molecular flexibility index (Phi) is 3.13. The van der Waals surface area contributed by atoms with Gasteiger partial charge in [0.15, 0.2) is 11.5 Å². The van der Waals surface area contributed by atoms with E-state index in [1.807, 2.05) is 12.1 Å². The minimum absolute atomic E-state index is 0.328. The molecular weight excluding hydrogens is 262 g/mol. The van der Waals surface area contributed by atoms with Crippen molar-refractivity contribution in [2.45, 2.75) is 13.1 Å². The molecule has 2 heterocycles. The first kappa shape index (κ1) is 12.5. The second kappa shape index (κ2) is 5.26. The van der Waals surface area contributed by atoms with Crippen LogP contribution in [0.25, 0.3) is 6.08 Å². The van der Waals surface area contributed by atoms with E-state index in [-0.39, 0.29) is 0 Å². The van der Waals surface area contributed by atoms with Crippen LogP contribution in [0, 0.1) is 0 Å². The van der Waals surface area contributed by atoms with Crippen molar-refractivity contribution >= 4 is 6.08 Å². The van der Waals surface area contributed by atoms with Crippen molar-refractivity contribution in [2.24, 2.45) is 0 Å². The van der Waals surface area contributed by atoms with Gasteiger partial charge in [-0.2, -0.15) is 0 Å². The fourth-order valence-electron chi connectivity index (χ4n) is 2.89. The zero-order chi connectivity index (χ0) is 14.1. The Labute approximate surface area is 124 Å². The van der Waals surface area contributed by atoms with Crippen molar-refractivity contribution in [2.75, 3.05) is 13.3 Å². The van der Waals surface area contributed by atoms with E-state index in [1.54, 1.807) is 0 Å². The molecule has 106 valence electrons. The minimum Gasteiger partial charge on any atom is -0.454 e. The monoisotopic (exact) mass is 279 g/mol. The molecule has 0 N–H and O–H groups in total. The molecule has 0 bridgehead atoms. The molecule has 0 saturated carbocycles. The van der Waals surface area contributed by atoms with Crippen molar-refractivity contribution < 1.29 is 9.47 Å². The lowest BCUT2D eigenvalue weighted by atomic mass is 10.1. The van der Waals surface area contributed by atoms with E-state index >= 15 is 0 Å². The highest BCUT2D eigenvalue weighted by Gasteiger charge is 2.16. The maximum atomic E-state index is 5.39. The summed E-state index contributed by atoms with van der Waals surface area (Å²) in [5.41, 5.74) is 4.05. The fraction of sp³-hybridized carbons (Fsp3) is 0.222. The van der Waals surface area contributed by atoms with Gasteiger partial charge in [-0.1, -0.05) is 42.5 Å². The van der Waals surface area contributed by atoms with Gasteiger partial charge in [-0.25, -0.2) is 0 Å². The first-order valence-corrected chi connectivity index (χ1v) is 7.24. The van der Waals surface area contributed by atoms with Gasteiger partial charge in [-0.15, -0.1) is 0 Å². The normalized spacial score (nSPS) is 16.6. The van der Waals surface area contributed by atoms with Crippen molar-refractivity contribution in [3.63, 3.8) is 0 Å². The van der Waals surface area contributed by atoms with Gasteiger partial charge in [0.2, 0.25) is 6.79 Å². The Morgan fingerprint density at radius 3 is 2.52 bits per heavy atom. The Morgan fingerprint density at radius 2 is 1.71 bits per heavy atom. The molecule has 0 aromatic heterocycles. The zero-order valence-corrected chi connectivity index (χ0v) is 11.8. The Bertz CT molecular complexity index is 668. The number of hydrogen-bond donors (Lipinski definition) is 0. The van der Waals surface area contributed by atoms with E-state index in [0.717, 1.165) is 36.7 Å². The van der Waals surface area contributed by atoms with Crippen molar-refractivity contribution in [1.29, 1.82) is 0 Å². The number of fused-ring (bicyclic) bond motifs is 2. The summed E-state index contributed by atoms with van der Waals surface area (Å²) in [6, 6.07) is 14.7. The van der Waals surface area contributed by atoms with Gasteiger partial charge in [0.1, 0.15) is 0 Å². The molecule has 2 aliphatic heterocycles. The van der Waals surface area contributed by atoms with Crippen LogP contribution >= 0.6 is 0 Å². The van der Waals surface area contributed by atoms with E-state index in [2.05, 4.69) is 47.4 Å². The largest absolute Gasteiger partial charge is 0.454 e. The zero-order valence-electron chi connectivity index (χ0n) is 11.8. The molecule has 2 aromatic rings. The van der Waals surface area contributed by atoms with Gasteiger partial charge >= 0.3 is 0 Å². The molecule has 0 amide bonds. The molecule has 0 fully saturated rings. The van der Waals surface area contributed by atoms with Crippen LogP contribution in [-0.4, -0.2) is 18.2 Å². The molecule has 0 spiro atoms. The van der Waals surface area contributed by atoms with E-state index in [1.165, 1.54) is 11.1 Å². The van der Waals surface area contributed by atoms with E-state index in [0.29, 0.717) is 6.79 Å². The third kappa shape index (κ3) is 2.52. The molecule has 0 atom stereocenters. The van der Waals surface area contributed by atoms with Gasteiger partial charge in [0.05, 0.1) is 0 Å². The lowest BCUT2D eigenvalue weighted by Crippen LogP contribution is -2.15. The van der Waals surface area contributed by atoms with Gasteiger partial charge in [0, 0.05) is 19.6 Å². The lowest BCUT2D eigenvalue weighted by molar-refractivity contribution is 0.174. The summed E-state index contributed by atoms with van der Waals surface area (Å²) in [4.78, 5) is 2.44. The third-order valence-electron chi connectivity index (χ3n) is 3.98. The molecule has 0 aliphatic carbocycles. The predicted molar refractivity (Wildman–Crippen MR) is 82.2 cm³/mol. The topological polar surface area (TPSA) is 21.7 Å². The highest BCUT2D eigenvalue weighted by Crippen LogP contribution is 2.32. The highest BCUT2D eigenvalue weighted by atomic mass is 16.7. The summed E-state index contributed by atoms with van der Waals surface area (Å²) in [5, 5.41) is 0. The smallest absolute Gasteiger partial charge is 0.231 e. The van der Waals surface area contributed by atoms with Crippen LogP contribution in [0.15, 0.2) is 48.5 Å². The van der Waals surface area contributed by atoms with Crippen LogP contribution in [0.5, 0.6) is 11.5 Å². The summed E-state index contributed by atoms with van der Waals surface area (Å²) in [7, 11) is 0. The van der Waals surface area contributed by atoms with Crippen LogP contribution in [0.1, 0.15) is 16.7 Å². The predicted octanol–water partition coefficient (Wildman–Crippen LogP) is 3.44. The number of benzene rings is 2. The van der Waals surface area contributed by atoms with Gasteiger partial charge in [-0.3, -0.25) is 4.90 Å². The van der Waals surface area contributed by atoms with Crippen molar-refractivity contribution in [3.05, 3.63) is 65.2 Å². The number of nitrogens with zero attached hydrogens (tertiary/aromatic N) is 1. The molecule has 3 nitrogen and oxygen atoms in total. The Morgan fingerprint density at radius 1 is 0.952 bits per heavy atom. The van der Waals surface area contributed by atoms with E-state index in [9.17, 15) is 0 Å². The first-order valence-electron chi connectivity index (χ1n) is 7.24. The van der Waals surface area contributed by atoms with Crippen molar-refractivity contribution in [3.8, 4) is 11.5 Å². The SMILES string of the molecule is C(=Cc1ccc2c(c1)OCO2)CN1Cc2ccccc2C1. The molecule has 2 aromatic carbocycles. The maximum Gasteiger partial charge on any atom is 0.231 e. The Balaban J connectivity index is 1.39. The average Bonchev–Trinajstić information content (AvgIpc) is 3.12. The molecule has 4 rings (SSSR count). The molecule has 21 heavy (non-hydrogen) atoms. The summed E-state index contributed by atoms with van der Waals surface area (Å²) in [6.07, 6.45) is 4.36. The van der Waals surface area contributed by atoms with Crippen LogP contribution < -0.4 is 9.47 Å². The third-order valence-corrected chi connectivity index (χ3v) is 3.98. The number of ether oxygens (including phenoxy) is 2. The highest BCUT2D eigenvalue weighted by molar-refractivity contribution is 5.56. The number of hydrogen-bond acceptors (Lipinski definition) is 3. The number of rotatable bonds is 3. The van der Waals surface area contributed by atoms with Gasteiger partial charge in [-0.05, 0) is 28.8 Å². The Hall–Kier alpha value is -2.26. The quantitative estimate of drug-likeness (QED) is 0.859. The second-order valence-corrected chi connectivity index (χ2v) is 5.45. The maximum absolute atomic E-state index is 5.39. The molecule has 0 radical (unpaired) electrons. The average molecular weight is 279 g/mol. The van der Waals surface area contributed by atoms with E-state index < -0.39 is 0 Å². The summed E-state index contributed by atoms with van der Waals surface area (Å²) >= 11 is 0. The summed E-state index contributed by atoms with van der Waals surface area (Å²) in [6.45, 7) is 3.38. The van der Waals surface area contributed by atoms with Crippen LogP contribution in [0.3, 0.4) is 0 Å². The lowest BCUT2D eigenvalue weighted by Gasteiger charge is -2.11. The van der Waals surface area contributed by atoms with Gasteiger partial charge < -0.3 is 9.47 Å². The van der Waals surface area contributed by atoms with Crippen LogP contribution in [0.2, 0.25) is 0 Å². The summed E-state index contributed by atoms with van der Waals surface area (Å²) < 4.78 is 10.7. The molecule has 3 heteroatoms. The van der Waals surface area contributed by atoms with Crippen molar-refractivity contribution in [1.82, 2.24) is 4.90 Å². The van der Waals surface area contributed by atoms with Crippen LogP contribution in [0.4, 0.5) is 0 Å². The molecule has 0 unspecified atom stereocenters. The fourth-order valence-corrected chi connectivity index (χ4v) is 2.89. The molecule has 2 aliphatic rings. The summed E-state index contributed by atoms with van der Waals surface area (Å²) in [5.74, 6) is 1.67. The first-order chi connectivity index (χ1) is 10.4.